The molecule has 0 aliphatic heterocycles. The van der Waals surface area contributed by atoms with E-state index >= 15 is 0 Å². The highest BCUT2D eigenvalue weighted by Gasteiger charge is 2.11. The fourth-order valence-electron chi connectivity index (χ4n) is 2.67. The summed E-state index contributed by atoms with van der Waals surface area (Å²) in [4.78, 5) is 12.4. The Bertz CT molecular complexity index is 876. The molecular formula is C23H28N2O5. The molecule has 0 spiro atoms. The molecule has 0 radical (unpaired) electrons. The van der Waals surface area contributed by atoms with Crippen molar-refractivity contribution in [2.75, 3.05) is 32.8 Å². The molecule has 0 aliphatic carbocycles. The first-order chi connectivity index (χ1) is 14.6. The monoisotopic (exact) mass is 412 g/mol. The van der Waals surface area contributed by atoms with E-state index in [4.69, 9.17) is 24.2 Å². The number of ether oxygens (including phenoxy) is 4. The van der Waals surface area contributed by atoms with Crippen molar-refractivity contribution in [2.24, 2.45) is 0 Å². The van der Waals surface area contributed by atoms with Crippen LogP contribution >= 0.6 is 0 Å². The predicted octanol–water partition coefficient (Wildman–Crippen LogP) is 4.55. The van der Waals surface area contributed by atoms with Crippen LogP contribution in [0.3, 0.4) is 0 Å². The summed E-state index contributed by atoms with van der Waals surface area (Å²) in [6.45, 7) is 3.02. The van der Waals surface area contributed by atoms with E-state index in [9.17, 15) is 4.79 Å². The number of rotatable bonds is 12. The molecule has 0 saturated heterocycles. The van der Waals surface area contributed by atoms with Gasteiger partial charge in [-0.3, -0.25) is 4.79 Å². The maximum atomic E-state index is 12.4. The van der Waals surface area contributed by atoms with Gasteiger partial charge in [0, 0.05) is 18.6 Å². The maximum Gasteiger partial charge on any atom is 0.224 e. The van der Waals surface area contributed by atoms with Gasteiger partial charge in [-0.15, -0.1) is 0 Å². The molecule has 0 saturated carbocycles. The number of nitrogens with one attached hydrogen (secondary N) is 1. The van der Waals surface area contributed by atoms with Gasteiger partial charge >= 0.3 is 0 Å². The molecule has 0 heterocycles. The highest BCUT2D eigenvalue weighted by Crippen LogP contribution is 2.30. The standard InChI is InChI=1S/C23H28N2O5/c1-4-5-12-29-20-11-9-18(27-2)15-19(20)25-23(26)7-6-13-30-21-10-8-17(16-24)14-22(21)28-3/h8-11,14-15H,4-7,12-13H2,1-3H3,(H,25,26). The Kier molecular flexibility index (Phi) is 9.32. The van der Waals surface area contributed by atoms with Gasteiger partial charge in [-0.1, -0.05) is 13.3 Å². The first-order valence-electron chi connectivity index (χ1n) is 9.92. The number of amides is 1. The van der Waals surface area contributed by atoms with Gasteiger partial charge in [0.15, 0.2) is 11.5 Å². The molecule has 1 amide bonds. The maximum absolute atomic E-state index is 12.4. The lowest BCUT2D eigenvalue weighted by atomic mass is 10.2. The van der Waals surface area contributed by atoms with Crippen molar-refractivity contribution in [2.45, 2.75) is 32.6 Å². The molecule has 2 rings (SSSR count). The van der Waals surface area contributed by atoms with Crippen molar-refractivity contribution in [1.29, 1.82) is 5.26 Å². The first-order valence-corrected chi connectivity index (χ1v) is 9.92. The lowest BCUT2D eigenvalue weighted by Gasteiger charge is -2.14. The number of methoxy groups -OCH3 is 2. The van der Waals surface area contributed by atoms with Crippen LogP contribution in [0.5, 0.6) is 23.0 Å². The summed E-state index contributed by atoms with van der Waals surface area (Å²) in [7, 11) is 3.10. The second kappa shape index (κ2) is 12.2. The Hall–Kier alpha value is -3.40. The first kappa shape index (κ1) is 22.9. The van der Waals surface area contributed by atoms with Crippen LogP contribution in [0.4, 0.5) is 5.69 Å². The second-order valence-corrected chi connectivity index (χ2v) is 6.54. The number of hydrogen-bond donors (Lipinski definition) is 1. The van der Waals surface area contributed by atoms with E-state index in [0.29, 0.717) is 53.9 Å². The number of anilines is 1. The van der Waals surface area contributed by atoms with Crippen molar-refractivity contribution in [3.63, 3.8) is 0 Å². The molecule has 160 valence electrons. The van der Waals surface area contributed by atoms with Gasteiger partial charge in [-0.2, -0.15) is 5.26 Å². The summed E-state index contributed by atoms with van der Waals surface area (Å²) in [5.74, 6) is 2.15. The zero-order valence-electron chi connectivity index (χ0n) is 17.7. The lowest BCUT2D eigenvalue weighted by molar-refractivity contribution is -0.116. The van der Waals surface area contributed by atoms with Crippen LogP contribution in [0.25, 0.3) is 0 Å². The van der Waals surface area contributed by atoms with E-state index in [1.807, 2.05) is 0 Å². The van der Waals surface area contributed by atoms with Gasteiger partial charge in [0.2, 0.25) is 5.91 Å². The number of carbonyl (C=O) groups excluding carboxylic acids is 1. The fourth-order valence-corrected chi connectivity index (χ4v) is 2.67. The number of nitrogens with zero attached hydrogens (tertiary/aromatic N) is 1. The normalized spacial score (nSPS) is 10.1. The van der Waals surface area contributed by atoms with Crippen LogP contribution in [0.15, 0.2) is 36.4 Å². The van der Waals surface area contributed by atoms with Gasteiger partial charge in [-0.05, 0) is 37.1 Å². The zero-order valence-corrected chi connectivity index (χ0v) is 17.7. The Balaban J connectivity index is 1.88. The third-order valence-corrected chi connectivity index (χ3v) is 4.31. The predicted molar refractivity (Wildman–Crippen MR) is 114 cm³/mol. The quantitative estimate of drug-likeness (QED) is 0.514. The third kappa shape index (κ3) is 6.89. The minimum Gasteiger partial charge on any atom is -0.497 e. The minimum absolute atomic E-state index is 0.140. The summed E-state index contributed by atoms with van der Waals surface area (Å²) in [6.07, 6.45) is 2.77. The summed E-state index contributed by atoms with van der Waals surface area (Å²) in [5, 5.41) is 11.8. The summed E-state index contributed by atoms with van der Waals surface area (Å²) < 4.78 is 22.0. The summed E-state index contributed by atoms with van der Waals surface area (Å²) in [5.41, 5.74) is 1.08. The number of unbranched alkanes of at least 4 members (excludes halogenated alkanes) is 1. The lowest BCUT2D eigenvalue weighted by Crippen LogP contribution is -2.14. The van der Waals surface area contributed by atoms with Crippen LogP contribution in [-0.2, 0) is 4.79 Å². The van der Waals surface area contributed by atoms with Crippen molar-refractivity contribution in [3.05, 3.63) is 42.0 Å². The molecular weight excluding hydrogens is 384 g/mol. The molecule has 7 nitrogen and oxygen atoms in total. The average Bonchev–Trinajstić information content (AvgIpc) is 2.77. The number of benzene rings is 2. The second-order valence-electron chi connectivity index (χ2n) is 6.54. The van der Waals surface area contributed by atoms with Gasteiger partial charge in [-0.25, -0.2) is 0 Å². The van der Waals surface area contributed by atoms with E-state index in [-0.39, 0.29) is 12.3 Å². The molecule has 1 N–H and O–H groups in total. The van der Waals surface area contributed by atoms with Crippen LogP contribution in [0.2, 0.25) is 0 Å². The molecule has 7 heteroatoms. The fraction of sp³-hybridized carbons (Fsp3) is 0.391. The van der Waals surface area contributed by atoms with Crippen LogP contribution in [0.1, 0.15) is 38.2 Å². The van der Waals surface area contributed by atoms with E-state index in [2.05, 4.69) is 18.3 Å². The molecule has 0 bridgehead atoms. The molecule has 0 fully saturated rings. The molecule has 30 heavy (non-hydrogen) atoms. The highest BCUT2D eigenvalue weighted by molar-refractivity contribution is 5.92. The molecule has 2 aromatic carbocycles. The Morgan fingerprint density at radius 1 is 0.967 bits per heavy atom. The average molecular weight is 412 g/mol. The van der Waals surface area contributed by atoms with Crippen molar-refractivity contribution in [1.82, 2.24) is 0 Å². The molecule has 0 unspecified atom stereocenters. The van der Waals surface area contributed by atoms with Gasteiger partial charge in [0.05, 0.1) is 44.8 Å². The van der Waals surface area contributed by atoms with Crippen LogP contribution < -0.4 is 24.3 Å². The van der Waals surface area contributed by atoms with Gasteiger partial charge in [0.25, 0.3) is 0 Å². The van der Waals surface area contributed by atoms with E-state index < -0.39 is 0 Å². The van der Waals surface area contributed by atoms with Crippen LogP contribution in [0, 0.1) is 11.3 Å². The SMILES string of the molecule is CCCCOc1ccc(OC)cc1NC(=O)CCCOc1ccc(C#N)cc1OC. The third-order valence-electron chi connectivity index (χ3n) is 4.31. The zero-order chi connectivity index (χ0) is 21.8. The Morgan fingerprint density at radius 3 is 2.40 bits per heavy atom. The van der Waals surface area contributed by atoms with Crippen LogP contribution in [-0.4, -0.2) is 33.3 Å². The largest absolute Gasteiger partial charge is 0.497 e. The minimum atomic E-state index is -0.140. The number of hydrogen-bond acceptors (Lipinski definition) is 6. The Morgan fingerprint density at radius 2 is 1.70 bits per heavy atom. The topological polar surface area (TPSA) is 89.8 Å². The van der Waals surface area contributed by atoms with E-state index in [0.717, 1.165) is 12.8 Å². The number of carbonyl (C=O) groups is 1. The smallest absolute Gasteiger partial charge is 0.224 e. The van der Waals surface area contributed by atoms with Crippen molar-refractivity contribution in [3.8, 4) is 29.1 Å². The van der Waals surface area contributed by atoms with E-state index in [1.165, 1.54) is 7.11 Å². The van der Waals surface area contributed by atoms with Crippen molar-refractivity contribution < 1.29 is 23.7 Å². The summed E-state index contributed by atoms with van der Waals surface area (Å²) >= 11 is 0. The van der Waals surface area contributed by atoms with Gasteiger partial charge < -0.3 is 24.3 Å². The summed E-state index contributed by atoms with van der Waals surface area (Å²) in [6, 6.07) is 12.4. The van der Waals surface area contributed by atoms with Crippen molar-refractivity contribution >= 4 is 11.6 Å². The Labute approximate surface area is 177 Å². The van der Waals surface area contributed by atoms with E-state index in [1.54, 1.807) is 43.5 Å². The molecule has 0 aromatic heterocycles. The van der Waals surface area contributed by atoms with Gasteiger partial charge in [0.1, 0.15) is 11.5 Å². The number of nitriles is 1. The molecule has 0 atom stereocenters. The molecule has 0 aliphatic rings. The molecule has 2 aromatic rings. The highest BCUT2D eigenvalue weighted by atomic mass is 16.5.